The minimum Gasteiger partial charge on any atom is -0.353 e. The van der Waals surface area contributed by atoms with Crippen molar-refractivity contribution in [3.05, 3.63) is 91.1 Å². The van der Waals surface area contributed by atoms with Crippen LogP contribution in [-0.4, -0.2) is 55.7 Å². The minimum atomic E-state index is 0.781. The number of hydrogen-bond acceptors (Lipinski definition) is 5. The number of aromatic nitrogens is 6. The molecule has 37 heavy (non-hydrogen) atoms. The number of hydrogen-bond donors (Lipinski definition) is 2. The van der Waals surface area contributed by atoms with Gasteiger partial charge in [-0.3, -0.25) is 15.1 Å². The van der Waals surface area contributed by atoms with E-state index in [0.717, 1.165) is 75.2 Å². The molecule has 0 radical (unpaired) electrons. The molecule has 0 amide bonds. The van der Waals surface area contributed by atoms with Crippen molar-refractivity contribution in [1.82, 2.24) is 35.0 Å². The molecule has 7 nitrogen and oxygen atoms in total. The maximum atomic E-state index is 5.04. The first-order valence-electron chi connectivity index (χ1n) is 12.5. The van der Waals surface area contributed by atoms with Crippen LogP contribution < -0.4 is 0 Å². The molecule has 0 aliphatic rings. The molecule has 5 aromatic rings. The van der Waals surface area contributed by atoms with Crippen LogP contribution in [0.1, 0.15) is 25.5 Å². The topological polar surface area (TPSA) is 86.4 Å². The highest BCUT2D eigenvalue weighted by Crippen LogP contribution is 2.32. The van der Waals surface area contributed by atoms with Crippen molar-refractivity contribution in [3.8, 4) is 22.6 Å². The van der Waals surface area contributed by atoms with Gasteiger partial charge in [-0.05, 0) is 94.0 Å². The van der Waals surface area contributed by atoms with E-state index in [1.165, 1.54) is 5.57 Å². The molecule has 186 valence electrons. The molecule has 0 aliphatic heterocycles. The number of fused-ring (bicyclic) bond motifs is 2. The number of H-pyrrole nitrogens is 2. The molecule has 5 aromatic heterocycles. The van der Waals surface area contributed by atoms with E-state index in [0.29, 0.717) is 0 Å². The lowest BCUT2D eigenvalue weighted by molar-refractivity contribution is 0.400. The average molecular weight is 490 g/mol. The van der Waals surface area contributed by atoms with Crippen molar-refractivity contribution in [1.29, 1.82) is 0 Å². The molecular weight excluding hydrogens is 458 g/mol. The lowest BCUT2D eigenvalue weighted by Crippen LogP contribution is -2.12. The van der Waals surface area contributed by atoms with E-state index in [1.54, 1.807) is 12.4 Å². The summed E-state index contributed by atoms with van der Waals surface area (Å²) in [6, 6.07) is 12.1. The molecule has 7 heteroatoms. The first-order valence-corrected chi connectivity index (χ1v) is 12.5. The van der Waals surface area contributed by atoms with Crippen LogP contribution in [0.15, 0.2) is 85.4 Å². The Bertz CT molecular complexity index is 1600. The Morgan fingerprint density at radius 2 is 1.86 bits per heavy atom. The third-order valence-electron chi connectivity index (χ3n) is 6.45. The standard InChI is InChI=1S/C30H31N7/c1-5-20(8-7-17-37(3)4)18-21(6-2)24-9-10-26-29(34-24)30(36-35-26)27-19-23-25(33-27)13-16-32-28(23)22-11-14-31-15-12-22/h5-6,9-16,18-19,33H,1,7-8,17H2,2-4H3,(H,35,36)/b20-18+,21-6+. The largest absolute Gasteiger partial charge is 0.353 e. The predicted molar refractivity (Wildman–Crippen MR) is 152 cm³/mol. The van der Waals surface area contributed by atoms with Crippen LogP contribution in [0.5, 0.6) is 0 Å². The van der Waals surface area contributed by atoms with Crippen molar-refractivity contribution in [2.75, 3.05) is 20.6 Å². The van der Waals surface area contributed by atoms with Gasteiger partial charge < -0.3 is 9.88 Å². The lowest BCUT2D eigenvalue weighted by atomic mass is 10.0. The Kier molecular flexibility index (Phi) is 7.05. The van der Waals surface area contributed by atoms with Crippen LogP contribution >= 0.6 is 0 Å². The summed E-state index contributed by atoms with van der Waals surface area (Å²) in [5.74, 6) is 0. The monoisotopic (exact) mass is 489 g/mol. The molecule has 0 atom stereocenters. The van der Waals surface area contributed by atoms with Gasteiger partial charge in [-0.1, -0.05) is 18.7 Å². The van der Waals surface area contributed by atoms with Crippen molar-refractivity contribution in [2.45, 2.75) is 19.8 Å². The molecule has 0 aromatic carbocycles. The Morgan fingerprint density at radius 3 is 2.62 bits per heavy atom. The molecule has 0 saturated carbocycles. The summed E-state index contributed by atoms with van der Waals surface area (Å²) >= 11 is 0. The molecule has 0 unspecified atom stereocenters. The zero-order valence-corrected chi connectivity index (χ0v) is 21.5. The van der Waals surface area contributed by atoms with E-state index in [1.807, 2.05) is 49.5 Å². The lowest BCUT2D eigenvalue weighted by Gasteiger charge is -2.10. The van der Waals surface area contributed by atoms with Gasteiger partial charge in [-0.2, -0.15) is 5.10 Å². The van der Waals surface area contributed by atoms with E-state index in [4.69, 9.17) is 4.98 Å². The van der Waals surface area contributed by atoms with Crippen molar-refractivity contribution in [3.63, 3.8) is 0 Å². The maximum absolute atomic E-state index is 5.04. The summed E-state index contributed by atoms with van der Waals surface area (Å²) < 4.78 is 0. The molecule has 0 aliphatic carbocycles. The summed E-state index contributed by atoms with van der Waals surface area (Å²) in [6.07, 6.45) is 13.7. The Balaban J connectivity index is 1.52. The summed E-state index contributed by atoms with van der Waals surface area (Å²) in [5.41, 5.74) is 9.47. The summed E-state index contributed by atoms with van der Waals surface area (Å²) in [7, 11) is 4.19. The second-order valence-corrected chi connectivity index (χ2v) is 9.28. The van der Waals surface area contributed by atoms with E-state index >= 15 is 0 Å². The summed E-state index contributed by atoms with van der Waals surface area (Å²) in [5, 5.41) is 8.79. The Morgan fingerprint density at radius 1 is 1.03 bits per heavy atom. The first kappa shape index (κ1) is 24.3. The van der Waals surface area contributed by atoms with Crippen LogP contribution in [-0.2, 0) is 0 Å². The SMILES string of the molecule is C=C/C(=C\C(=C/C)c1ccc2[nH]nc(-c3cc4c(-c5ccncc5)nccc4[nH]3)c2n1)CCCN(C)C. The van der Waals surface area contributed by atoms with Gasteiger partial charge in [0.15, 0.2) is 0 Å². The Hall–Kier alpha value is -4.36. The third-order valence-corrected chi connectivity index (χ3v) is 6.45. The fraction of sp³-hybridized carbons (Fsp3) is 0.200. The van der Waals surface area contributed by atoms with Crippen LogP contribution in [0.4, 0.5) is 0 Å². The normalized spacial score (nSPS) is 12.6. The zero-order valence-electron chi connectivity index (χ0n) is 21.5. The van der Waals surface area contributed by atoms with E-state index in [9.17, 15) is 0 Å². The van der Waals surface area contributed by atoms with E-state index in [-0.39, 0.29) is 0 Å². The summed E-state index contributed by atoms with van der Waals surface area (Å²) in [4.78, 5) is 19.5. The molecular formula is C30H31N7. The quantitative estimate of drug-likeness (QED) is 0.233. The maximum Gasteiger partial charge on any atom is 0.135 e. The first-order chi connectivity index (χ1) is 18.1. The van der Waals surface area contributed by atoms with Gasteiger partial charge in [0.05, 0.1) is 22.6 Å². The number of aromatic amines is 2. The fourth-order valence-electron chi connectivity index (χ4n) is 4.51. The number of nitrogens with zero attached hydrogens (tertiary/aromatic N) is 5. The van der Waals surface area contributed by atoms with Crippen LogP contribution in [0.2, 0.25) is 0 Å². The zero-order chi connectivity index (χ0) is 25.8. The number of rotatable bonds is 9. The highest BCUT2D eigenvalue weighted by atomic mass is 15.1. The number of pyridine rings is 3. The number of allylic oxidation sites excluding steroid dienone is 5. The molecule has 5 heterocycles. The van der Waals surface area contributed by atoms with Gasteiger partial charge in [-0.15, -0.1) is 0 Å². The van der Waals surface area contributed by atoms with Gasteiger partial charge in [-0.25, -0.2) is 4.98 Å². The van der Waals surface area contributed by atoms with Crippen LogP contribution in [0.3, 0.4) is 0 Å². The van der Waals surface area contributed by atoms with Crippen molar-refractivity contribution >= 4 is 27.5 Å². The van der Waals surface area contributed by atoms with Gasteiger partial charge in [0.1, 0.15) is 11.2 Å². The second kappa shape index (κ2) is 10.7. The molecule has 0 fully saturated rings. The highest BCUT2D eigenvalue weighted by molar-refractivity contribution is 5.99. The Labute approximate surface area is 216 Å². The highest BCUT2D eigenvalue weighted by Gasteiger charge is 2.16. The summed E-state index contributed by atoms with van der Waals surface area (Å²) in [6.45, 7) is 7.11. The molecule has 5 rings (SSSR count). The van der Waals surface area contributed by atoms with Crippen molar-refractivity contribution < 1.29 is 0 Å². The predicted octanol–water partition coefficient (Wildman–Crippen LogP) is 6.42. The number of nitrogens with one attached hydrogen (secondary N) is 2. The minimum absolute atomic E-state index is 0.781. The molecule has 0 spiro atoms. The second-order valence-electron chi connectivity index (χ2n) is 9.28. The van der Waals surface area contributed by atoms with E-state index < -0.39 is 0 Å². The van der Waals surface area contributed by atoms with Gasteiger partial charge >= 0.3 is 0 Å². The molecule has 2 N–H and O–H groups in total. The van der Waals surface area contributed by atoms with E-state index in [2.05, 4.69) is 68.9 Å². The van der Waals surface area contributed by atoms with Gasteiger partial charge in [0.25, 0.3) is 0 Å². The third kappa shape index (κ3) is 5.13. The van der Waals surface area contributed by atoms with Crippen LogP contribution in [0, 0.1) is 0 Å². The molecule has 0 bridgehead atoms. The fourth-order valence-corrected chi connectivity index (χ4v) is 4.51. The van der Waals surface area contributed by atoms with Gasteiger partial charge in [0.2, 0.25) is 0 Å². The van der Waals surface area contributed by atoms with Crippen molar-refractivity contribution in [2.24, 2.45) is 0 Å². The molecule has 0 saturated heterocycles. The van der Waals surface area contributed by atoms with Crippen LogP contribution in [0.25, 0.3) is 50.2 Å². The smallest absolute Gasteiger partial charge is 0.135 e. The van der Waals surface area contributed by atoms with Gasteiger partial charge in [0, 0.05) is 35.1 Å². The average Bonchev–Trinajstić information content (AvgIpc) is 3.54.